The summed E-state index contributed by atoms with van der Waals surface area (Å²) in [5.74, 6) is 0.0218. The van der Waals surface area contributed by atoms with Gasteiger partial charge in [0.2, 0.25) is 5.78 Å². The van der Waals surface area contributed by atoms with Gasteiger partial charge in [0.15, 0.2) is 5.78 Å². The van der Waals surface area contributed by atoms with Crippen molar-refractivity contribution in [3.05, 3.63) is 42.8 Å². The van der Waals surface area contributed by atoms with Crippen LogP contribution in [0.5, 0.6) is 0 Å². The predicted octanol–water partition coefficient (Wildman–Crippen LogP) is 3.20. The highest BCUT2D eigenvalue weighted by Crippen LogP contribution is 2.37. The molecule has 0 spiro atoms. The minimum atomic E-state index is 0.00713. The summed E-state index contributed by atoms with van der Waals surface area (Å²) in [4.78, 5) is 26.6. The first-order valence-electron chi connectivity index (χ1n) is 4.87. The van der Waals surface area contributed by atoms with Gasteiger partial charge in [0.25, 0.3) is 0 Å². The number of thiophene rings is 2. The molecule has 1 aliphatic carbocycles. The minimum absolute atomic E-state index is 0.00713. The van der Waals surface area contributed by atoms with Crippen molar-refractivity contribution in [3.8, 4) is 0 Å². The average Bonchev–Trinajstić information content (AvgIpc) is 2.79. The molecule has 16 heavy (non-hydrogen) atoms. The Morgan fingerprint density at radius 3 is 2.56 bits per heavy atom. The highest BCUT2D eigenvalue weighted by atomic mass is 32.1. The Labute approximate surface area is 101 Å². The van der Waals surface area contributed by atoms with E-state index in [-0.39, 0.29) is 11.6 Å². The van der Waals surface area contributed by atoms with Crippen molar-refractivity contribution in [1.82, 2.24) is 0 Å². The van der Waals surface area contributed by atoms with Gasteiger partial charge in [-0.15, -0.1) is 22.7 Å². The van der Waals surface area contributed by atoms with Crippen LogP contribution in [0.1, 0.15) is 40.9 Å². The first kappa shape index (κ1) is 9.93. The normalized spacial score (nSPS) is 13.9. The molecule has 2 nitrogen and oxygen atoms in total. The molecule has 0 saturated carbocycles. The molecule has 0 bridgehead atoms. The second kappa shape index (κ2) is 3.12. The molecule has 0 radical (unpaired) electrons. The van der Waals surface area contributed by atoms with Gasteiger partial charge in [0, 0.05) is 16.0 Å². The Hall–Kier alpha value is -1.26. The highest BCUT2D eigenvalue weighted by Gasteiger charge is 2.33. The van der Waals surface area contributed by atoms with E-state index in [4.69, 9.17) is 0 Å². The van der Waals surface area contributed by atoms with Gasteiger partial charge in [-0.2, -0.15) is 0 Å². The Bertz CT molecular complexity index is 627. The molecule has 0 amide bonds. The molecule has 0 unspecified atom stereocenters. The van der Waals surface area contributed by atoms with Crippen LogP contribution in [0, 0.1) is 13.8 Å². The Kier molecular flexibility index (Phi) is 1.94. The van der Waals surface area contributed by atoms with Crippen molar-refractivity contribution in [3.63, 3.8) is 0 Å². The van der Waals surface area contributed by atoms with E-state index in [0.29, 0.717) is 20.9 Å². The minimum Gasteiger partial charge on any atom is -0.288 e. The van der Waals surface area contributed by atoms with Gasteiger partial charge in [0.1, 0.15) is 0 Å². The summed E-state index contributed by atoms with van der Waals surface area (Å²) in [7, 11) is 0. The number of ketones is 2. The molecular formula is C12H8O2S2. The molecule has 2 aromatic rings. The topological polar surface area (TPSA) is 34.1 Å². The lowest BCUT2D eigenvalue weighted by Gasteiger charge is -2.10. The van der Waals surface area contributed by atoms with Crippen LogP contribution in [0.15, 0.2) is 11.4 Å². The SMILES string of the molecule is Cc1cc2c(s1)C(=O)c1scc(C)c1C2=O. The van der Waals surface area contributed by atoms with Crippen LogP contribution in [-0.2, 0) is 0 Å². The average molecular weight is 248 g/mol. The van der Waals surface area contributed by atoms with Gasteiger partial charge in [-0.1, -0.05) is 0 Å². The molecule has 0 aliphatic heterocycles. The maximum atomic E-state index is 12.2. The fourth-order valence-corrected chi connectivity index (χ4v) is 4.00. The van der Waals surface area contributed by atoms with E-state index in [1.54, 1.807) is 0 Å². The van der Waals surface area contributed by atoms with Gasteiger partial charge >= 0.3 is 0 Å². The molecular weight excluding hydrogens is 240 g/mol. The highest BCUT2D eigenvalue weighted by molar-refractivity contribution is 7.17. The quantitative estimate of drug-likeness (QED) is 0.612. The fourth-order valence-electron chi connectivity index (χ4n) is 1.98. The van der Waals surface area contributed by atoms with E-state index < -0.39 is 0 Å². The second-order valence-electron chi connectivity index (χ2n) is 3.88. The van der Waals surface area contributed by atoms with E-state index in [2.05, 4.69) is 0 Å². The summed E-state index contributed by atoms with van der Waals surface area (Å²) in [6, 6.07) is 1.82. The number of carbonyl (C=O) groups is 2. The number of hydrogen-bond acceptors (Lipinski definition) is 4. The first-order chi connectivity index (χ1) is 7.59. The molecule has 0 fully saturated rings. The van der Waals surface area contributed by atoms with Gasteiger partial charge < -0.3 is 0 Å². The first-order valence-corrected chi connectivity index (χ1v) is 6.57. The number of rotatable bonds is 0. The third kappa shape index (κ3) is 1.11. The molecule has 2 aromatic heterocycles. The second-order valence-corrected chi connectivity index (χ2v) is 6.02. The van der Waals surface area contributed by atoms with Gasteiger partial charge in [0.05, 0.1) is 9.75 Å². The van der Waals surface area contributed by atoms with E-state index in [9.17, 15) is 9.59 Å². The summed E-state index contributed by atoms with van der Waals surface area (Å²) in [6.45, 7) is 3.80. The van der Waals surface area contributed by atoms with E-state index in [0.717, 1.165) is 10.4 Å². The molecule has 0 aromatic carbocycles. The van der Waals surface area contributed by atoms with Crippen LogP contribution in [0.4, 0.5) is 0 Å². The van der Waals surface area contributed by atoms with Gasteiger partial charge in [-0.25, -0.2) is 0 Å². The van der Waals surface area contributed by atoms with Crippen molar-refractivity contribution in [2.75, 3.05) is 0 Å². The van der Waals surface area contributed by atoms with Crippen LogP contribution < -0.4 is 0 Å². The molecule has 0 N–H and O–H groups in total. The summed E-state index contributed by atoms with van der Waals surface area (Å²) in [5.41, 5.74) is 2.11. The van der Waals surface area contributed by atoms with E-state index >= 15 is 0 Å². The molecule has 4 heteroatoms. The standard InChI is InChI=1S/C12H8O2S2/c1-5-4-15-12-8(5)9(13)7-3-6(2)16-11(7)10(12)14/h3-4H,1-2H3. The van der Waals surface area contributed by atoms with Gasteiger partial charge in [-0.05, 0) is 30.9 Å². The van der Waals surface area contributed by atoms with Crippen molar-refractivity contribution in [2.45, 2.75) is 13.8 Å². The lowest BCUT2D eigenvalue weighted by Crippen LogP contribution is -2.16. The Morgan fingerprint density at radius 2 is 1.81 bits per heavy atom. The number of fused-ring (bicyclic) bond motifs is 2. The van der Waals surface area contributed by atoms with E-state index in [1.165, 1.54) is 22.7 Å². The van der Waals surface area contributed by atoms with Crippen molar-refractivity contribution < 1.29 is 9.59 Å². The zero-order valence-electron chi connectivity index (χ0n) is 8.79. The smallest absolute Gasteiger partial charge is 0.214 e. The maximum Gasteiger partial charge on any atom is 0.214 e. The van der Waals surface area contributed by atoms with Crippen LogP contribution >= 0.6 is 22.7 Å². The monoisotopic (exact) mass is 248 g/mol. The summed E-state index contributed by atoms with van der Waals surface area (Å²) < 4.78 is 0. The third-order valence-corrected chi connectivity index (χ3v) is 4.86. The maximum absolute atomic E-state index is 12.2. The zero-order chi connectivity index (χ0) is 11.4. The van der Waals surface area contributed by atoms with Crippen LogP contribution in [0.3, 0.4) is 0 Å². The Balaban J connectivity index is 2.35. The number of carbonyl (C=O) groups excluding carboxylic acids is 2. The molecule has 3 rings (SSSR count). The summed E-state index contributed by atoms with van der Waals surface area (Å²) >= 11 is 2.78. The molecule has 0 atom stereocenters. The summed E-state index contributed by atoms with van der Waals surface area (Å²) in [5, 5.41) is 1.88. The van der Waals surface area contributed by atoms with Crippen molar-refractivity contribution in [2.24, 2.45) is 0 Å². The van der Waals surface area contributed by atoms with Crippen LogP contribution in [0.2, 0.25) is 0 Å². The van der Waals surface area contributed by atoms with Crippen LogP contribution in [-0.4, -0.2) is 11.6 Å². The largest absolute Gasteiger partial charge is 0.288 e. The molecule has 80 valence electrons. The van der Waals surface area contributed by atoms with Crippen molar-refractivity contribution in [1.29, 1.82) is 0 Å². The molecule has 1 aliphatic rings. The number of hydrogen-bond donors (Lipinski definition) is 0. The molecule has 2 heterocycles. The zero-order valence-corrected chi connectivity index (χ0v) is 10.4. The fraction of sp³-hybridized carbons (Fsp3) is 0.167. The van der Waals surface area contributed by atoms with E-state index in [1.807, 2.05) is 25.3 Å². The van der Waals surface area contributed by atoms with Gasteiger partial charge in [-0.3, -0.25) is 9.59 Å². The van der Waals surface area contributed by atoms with Crippen LogP contribution in [0.25, 0.3) is 0 Å². The predicted molar refractivity (Wildman–Crippen MR) is 65.0 cm³/mol. The summed E-state index contributed by atoms with van der Waals surface area (Å²) in [6.07, 6.45) is 0. The third-order valence-electron chi connectivity index (χ3n) is 2.71. The van der Waals surface area contributed by atoms with Crippen molar-refractivity contribution >= 4 is 34.2 Å². The molecule has 0 saturated heterocycles. The lowest BCUT2D eigenvalue weighted by molar-refractivity contribution is 0.0985. The lowest BCUT2D eigenvalue weighted by atomic mass is 9.93. The Morgan fingerprint density at radius 1 is 1.06 bits per heavy atom. The number of aryl methyl sites for hydroxylation is 2.